The lowest BCUT2D eigenvalue weighted by Gasteiger charge is -2.16. The Balaban J connectivity index is 0.00000225. The normalized spacial score (nSPS) is 14.3. The Morgan fingerprint density at radius 3 is 2.72 bits per heavy atom. The van der Waals surface area contributed by atoms with E-state index in [2.05, 4.69) is 44.6 Å². The molecule has 0 atom stereocenters. The summed E-state index contributed by atoms with van der Waals surface area (Å²) in [4.78, 5) is 11.5. The highest BCUT2D eigenvalue weighted by Crippen LogP contribution is 2.17. The predicted octanol–water partition coefficient (Wildman–Crippen LogP) is 3.15. The first-order chi connectivity index (χ1) is 11.8. The van der Waals surface area contributed by atoms with Gasteiger partial charge in [0.25, 0.3) is 0 Å². The summed E-state index contributed by atoms with van der Waals surface area (Å²) in [5.74, 6) is 2.73. The second-order valence-corrected chi connectivity index (χ2v) is 5.85. The van der Waals surface area contributed by atoms with Crippen LogP contribution in [0.4, 0.5) is 5.82 Å². The van der Waals surface area contributed by atoms with Gasteiger partial charge in [0.1, 0.15) is 11.6 Å². The number of halogens is 1. The first kappa shape index (κ1) is 19.6. The zero-order valence-corrected chi connectivity index (χ0v) is 16.9. The molecule has 0 aliphatic carbocycles. The number of nitrogens with zero attached hydrogens (tertiary/aromatic N) is 3. The number of guanidine groups is 1. The average Bonchev–Trinajstić information content (AvgIpc) is 3.31. The molecule has 1 aliphatic rings. The molecule has 3 heterocycles. The van der Waals surface area contributed by atoms with Gasteiger partial charge in [0, 0.05) is 25.8 Å². The molecule has 0 saturated carbocycles. The van der Waals surface area contributed by atoms with Crippen LogP contribution in [0.15, 0.2) is 46.1 Å². The second kappa shape index (κ2) is 10.3. The summed E-state index contributed by atoms with van der Waals surface area (Å²) in [6, 6.07) is 8.03. The van der Waals surface area contributed by atoms with E-state index >= 15 is 0 Å². The van der Waals surface area contributed by atoms with Gasteiger partial charge in [-0.3, -0.25) is 0 Å². The largest absolute Gasteiger partial charge is 0.467 e. The quantitative estimate of drug-likeness (QED) is 0.398. The van der Waals surface area contributed by atoms with E-state index in [0.717, 1.165) is 42.7 Å². The van der Waals surface area contributed by atoms with Gasteiger partial charge in [-0.1, -0.05) is 6.07 Å². The SMILES string of the molecule is CCNC(=NCc1ccc(N2CCCC2)nc1)NCc1ccco1.I. The highest BCUT2D eigenvalue weighted by atomic mass is 127. The number of hydrogen-bond acceptors (Lipinski definition) is 4. The van der Waals surface area contributed by atoms with E-state index in [1.807, 2.05) is 18.3 Å². The van der Waals surface area contributed by atoms with Gasteiger partial charge in [-0.2, -0.15) is 0 Å². The van der Waals surface area contributed by atoms with Gasteiger partial charge in [-0.15, -0.1) is 24.0 Å². The van der Waals surface area contributed by atoms with Crippen molar-refractivity contribution >= 4 is 35.8 Å². The molecule has 0 radical (unpaired) electrons. The van der Waals surface area contributed by atoms with Crippen LogP contribution in [-0.2, 0) is 13.1 Å². The van der Waals surface area contributed by atoms with Crippen molar-refractivity contribution in [2.75, 3.05) is 24.5 Å². The molecule has 2 aromatic rings. The van der Waals surface area contributed by atoms with Crippen molar-refractivity contribution in [1.82, 2.24) is 15.6 Å². The summed E-state index contributed by atoms with van der Waals surface area (Å²) < 4.78 is 5.33. The number of aliphatic imine (C=N–C) groups is 1. The van der Waals surface area contributed by atoms with Gasteiger partial charge < -0.3 is 20.0 Å². The van der Waals surface area contributed by atoms with Crippen LogP contribution < -0.4 is 15.5 Å². The van der Waals surface area contributed by atoms with Gasteiger partial charge in [0.2, 0.25) is 0 Å². The van der Waals surface area contributed by atoms with E-state index in [9.17, 15) is 0 Å². The molecule has 25 heavy (non-hydrogen) atoms. The maximum Gasteiger partial charge on any atom is 0.191 e. The van der Waals surface area contributed by atoms with Crippen LogP contribution in [0.2, 0.25) is 0 Å². The Kier molecular flexibility index (Phi) is 8.03. The molecule has 0 amide bonds. The van der Waals surface area contributed by atoms with Crippen LogP contribution >= 0.6 is 24.0 Å². The Morgan fingerprint density at radius 2 is 2.08 bits per heavy atom. The lowest BCUT2D eigenvalue weighted by Crippen LogP contribution is -2.36. The molecule has 2 aromatic heterocycles. The van der Waals surface area contributed by atoms with Crippen molar-refractivity contribution in [2.45, 2.75) is 32.9 Å². The van der Waals surface area contributed by atoms with Crippen LogP contribution in [0.1, 0.15) is 31.1 Å². The van der Waals surface area contributed by atoms with Gasteiger partial charge in [-0.25, -0.2) is 9.98 Å². The third kappa shape index (κ3) is 5.91. The topological polar surface area (TPSA) is 65.7 Å². The third-order valence-corrected chi connectivity index (χ3v) is 4.01. The van der Waals surface area contributed by atoms with Crippen molar-refractivity contribution in [1.29, 1.82) is 0 Å². The Bertz CT molecular complexity index is 636. The number of hydrogen-bond donors (Lipinski definition) is 2. The molecule has 0 spiro atoms. The molecule has 0 unspecified atom stereocenters. The molecule has 136 valence electrons. The molecule has 1 aliphatic heterocycles. The van der Waals surface area contributed by atoms with Gasteiger partial charge >= 0.3 is 0 Å². The minimum atomic E-state index is 0. The minimum absolute atomic E-state index is 0. The molecular formula is C18H26IN5O. The smallest absolute Gasteiger partial charge is 0.191 e. The van der Waals surface area contributed by atoms with E-state index in [-0.39, 0.29) is 24.0 Å². The minimum Gasteiger partial charge on any atom is -0.467 e. The van der Waals surface area contributed by atoms with E-state index in [1.165, 1.54) is 12.8 Å². The molecule has 6 nitrogen and oxygen atoms in total. The van der Waals surface area contributed by atoms with E-state index in [4.69, 9.17) is 4.42 Å². The average molecular weight is 455 g/mol. The number of furan rings is 1. The van der Waals surface area contributed by atoms with E-state index in [0.29, 0.717) is 13.1 Å². The van der Waals surface area contributed by atoms with Gasteiger partial charge in [-0.05, 0) is 43.5 Å². The summed E-state index contributed by atoms with van der Waals surface area (Å²) in [5, 5.41) is 6.51. The summed E-state index contributed by atoms with van der Waals surface area (Å²) in [6.07, 6.45) is 6.13. The van der Waals surface area contributed by atoms with Crippen LogP contribution in [-0.4, -0.2) is 30.6 Å². The molecule has 1 saturated heterocycles. The van der Waals surface area contributed by atoms with E-state index < -0.39 is 0 Å². The first-order valence-electron chi connectivity index (χ1n) is 8.59. The Hall–Kier alpha value is -1.77. The molecular weight excluding hydrogens is 429 g/mol. The van der Waals surface area contributed by atoms with Crippen LogP contribution in [0.3, 0.4) is 0 Å². The van der Waals surface area contributed by atoms with Crippen molar-refractivity contribution < 1.29 is 4.42 Å². The lowest BCUT2D eigenvalue weighted by atomic mass is 10.3. The molecule has 2 N–H and O–H groups in total. The molecule has 0 aromatic carbocycles. The second-order valence-electron chi connectivity index (χ2n) is 5.85. The van der Waals surface area contributed by atoms with Crippen molar-refractivity contribution in [3.8, 4) is 0 Å². The third-order valence-electron chi connectivity index (χ3n) is 4.01. The zero-order chi connectivity index (χ0) is 16.6. The number of anilines is 1. The number of aromatic nitrogens is 1. The predicted molar refractivity (Wildman–Crippen MR) is 111 cm³/mol. The fourth-order valence-electron chi connectivity index (χ4n) is 2.74. The van der Waals surface area contributed by atoms with Gasteiger partial charge in [0.05, 0.1) is 19.4 Å². The highest BCUT2D eigenvalue weighted by molar-refractivity contribution is 14.0. The van der Waals surface area contributed by atoms with Crippen LogP contribution in [0.5, 0.6) is 0 Å². The monoisotopic (exact) mass is 455 g/mol. The fourth-order valence-corrected chi connectivity index (χ4v) is 2.74. The molecule has 7 heteroatoms. The maximum absolute atomic E-state index is 5.33. The number of nitrogens with one attached hydrogen (secondary N) is 2. The molecule has 3 rings (SSSR count). The lowest BCUT2D eigenvalue weighted by molar-refractivity contribution is 0.501. The summed E-state index contributed by atoms with van der Waals surface area (Å²) in [7, 11) is 0. The number of rotatable bonds is 6. The zero-order valence-electron chi connectivity index (χ0n) is 14.6. The van der Waals surface area contributed by atoms with Crippen molar-refractivity contribution in [3.63, 3.8) is 0 Å². The summed E-state index contributed by atoms with van der Waals surface area (Å²) in [6.45, 7) is 6.32. The highest BCUT2D eigenvalue weighted by Gasteiger charge is 2.12. The fraction of sp³-hybridized carbons (Fsp3) is 0.444. The number of pyridine rings is 1. The first-order valence-corrected chi connectivity index (χ1v) is 8.59. The molecule has 0 bridgehead atoms. The van der Waals surface area contributed by atoms with Crippen molar-refractivity contribution in [2.24, 2.45) is 4.99 Å². The Morgan fingerprint density at radius 1 is 1.24 bits per heavy atom. The van der Waals surface area contributed by atoms with Crippen LogP contribution in [0, 0.1) is 0 Å². The van der Waals surface area contributed by atoms with Crippen molar-refractivity contribution in [3.05, 3.63) is 48.0 Å². The van der Waals surface area contributed by atoms with Crippen LogP contribution in [0.25, 0.3) is 0 Å². The standard InChI is InChI=1S/C18H25N5O.HI/c1-2-19-18(22-14-16-6-5-11-24-16)21-13-15-7-8-17(20-12-15)23-9-3-4-10-23;/h5-8,11-12H,2-4,9-10,13-14H2,1H3,(H2,19,21,22);1H. The maximum atomic E-state index is 5.33. The summed E-state index contributed by atoms with van der Waals surface area (Å²) in [5.41, 5.74) is 1.10. The Labute approximate surface area is 166 Å². The van der Waals surface area contributed by atoms with E-state index in [1.54, 1.807) is 6.26 Å². The molecule has 1 fully saturated rings. The van der Waals surface area contributed by atoms with Gasteiger partial charge in [0.15, 0.2) is 5.96 Å². The summed E-state index contributed by atoms with van der Waals surface area (Å²) >= 11 is 0.